The molecule has 138 valence electrons. The Bertz CT molecular complexity index is 716. The van der Waals surface area contributed by atoms with E-state index in [1.54, 1.807) is 12.1 Å². The Hall–Kier alpha value is -1.87. The third-order valence-electron chi connectivity index (χ3n) is 6.27. The van der Waals surface area contributed by atoms with Crippen molar-refractivity contribution in [2.75, 3.05) is 19.6 Å². The zero-order valence-electron chi connectivity index (χ0n) is 15.4. The van der Waals surface area contributed by atoms with E-state index in [1.807, 2.05) is 42.5 Å². The molecule has 4 atom stereocenters. The summed E-state index contributed by atoms with van der Waals surface area (Å²) in [6.45, 7) is 5.28. The van der Waals surface area contributed by atoms with Crippen LogP contribution in [0.1, 0.15) is 36.8 Å². The maximum absolute atomic E-state index is 15.4. The lowest BCUT2D eigenvalue weighted by molar-refractivity contribution is 0.146. The lowest BCUT2D eigenvalue weighted by Gasteiger charge is -2.25. The van der Waals surface area contributed by atoms with Crippen LogP contribution in [0.5, 0.6) is 5.75 Å². The van der Waals surface area contributed by atoms with E-state index < -0.39 is 5.67 Å². The maximum atomic E-state index is 15.4. The zero-order valence-corrected chi connectivity index (χ0v) is 15.4. The summed E-state index contributed by atoms with van der Waals surface area (Å²) in [7, 11) is 0. The molecule has 0 aromatic heterocycles. The van der Waals surface area contributed by atoms with E-state index in [4.69, 9.17) is 0 Å². The summed E-state index contributed by atoms with van der Waals surface area (Å²) >= 11 is 0. The van der Waals surface area contributed by atoms with Crippen molar-refractivity contribution in [1.29, 1.82) is 0 Å². The molecule has 2 aromatic rings. The van der Waals surface area contributed by atoms with Crippen LogP contribution in [0.25, 0.3) is 0 Å². The molecule has 2 aliphatic rings. The number of hydrogen-bond donors (Lipinski definition) is 1. The highest BCUT2D eigenvalue weighted by atomic mass is 19.1. The average molecular weight is 353 g/mol. The van der Waals surface area contributed by atoms with Crippen LogP contribution in [-0.2, 0) is 6.42 Å². The third kappa shape index (κ3) is 3.78. The molecule has 0 radical (unpaired) electrons. The highest BCUT2D eigenvalue weighted by molar-refractivity contribution is 5.28. The number of hydrogen-bond acceptors (Lipinski definition) is 2. The first-order chi connectivity index (χ1) is 12.5. The summed E-state index contributed by atoms with van der Waals surface area (Å²) in [5.41, 5.74) is 1.35. The summed E-state index contributed by atoms with van der Waals surface area (Å²) in [6.07, 6.45) is 1.97. The molecule has 0 bridgehead atoms. The number of halogens is 1. The van der Waals surface area contributed by atoms with Gasteiger partial charge in [0.15, 0.2) is 0 Å². The Morgan fingerprint density at radius 3 is 2.27 bits per heavy atom. The monoisotopic (exact) mass is 353 g/mol. The maximum Gasteiger partial charge on any atom is 0.115 e. The Balaban J connectivity index is 1.32. The fourth-order valence-corrected chi connectivity index (χ4v) is 5.07. The summed E-state index contributed by atoms with van der Waals surface area (Å²) in [6, 6.07) is 17.6. The van der Waals surface area contributed by atoms with Gasteiger partial charge in [0.25, 0.3) is 0 Å². The topological polar surface area (TPSA) is 23.5 Å². The predicted octanol–water partition coefficient (Wildman–Crippen LogP) is 4.79. The van der Waals surface area contributed by atoms with Crippen LogP contribution in [-0.4, -0.2) is 35.3 Å². The molecule has 1 unspecified atom stereocenters. The van der Waals surface area contributed by atoms with Crippen LogP contribution in [0, 0.1) is 11.8 Å². The number of aromatic hydroxyl groups is 1. The van der Waals surface area contributed by atoms with Gasteiger partial charge >= 0.3 is 0 Å². The fourth-order valence-electron chi connectivity index (χ4n) is 5.07. The molecule has 1 aliphatic carbocycles. The Labute approximate surface area is 155 Å². The molecular weight excluding hydrogens is 325 g/mol. The first-order valence-corrected chi connectivity index (χ1v) is 9.75. The number of phenols is 1. The molecule has 1 heterocycles. The molecular formula is C23H28FNO. The molecule has 1 saturated carbocycles. The second-order valence-corrected chi connectivity index (χ2v) is 8.45. The number of nitrogens with zero attached hydrogens (tertiary/aromatic N) is 1. The van der Waals surface area contributed by atoms with Gasteiger partial charge < -0.3 is 10.0 Å². The molecule has 0 amide bonds. The Morgan fingerprint density at radius 1 is 1.04 bits per heavy atom. The number of rotatable bonds is 5. The van der Waals surface area contributed by atoms with Crippen molar-refractivity contribution in [2.45, 2.75) is 37.8 Å². The van der Waals surface area contributed by atoms with Gasteiger partial charge in [0.05, 0.1) is 0 Å². The van der Waals surface area contributed by atoms with Gasteiger partial charge in [0.1, 0.15) is 11.4 Å². The number of phenolic OH excluding ortho intramolecular Hbond substituents is 1. The number of fused-ring (bicyclic) bond motifs is 1. The van der Waals surface area contributed by atoms with Gasteiger partial charge in [-0.3, -0.25) is 0 Å². The van der Waals surface area contributed by atoms with Crippen LogP contribution in [0.2, 0.25) is 0 Å². The van der Waals surface area contributed by atoms with E-state index in [0.717, 1.165) is 25.2 Å². The van der Waals surface area contributed by atoms with Gasteiger partial charge in [-0.15, -0.1) is 0 Å². The standard InChI is InChI=1S/C23H28FNO/c1-17(19-7-9-22(26)10-8-19)14-25-15-20-12-23(24,13-21(20)16-25)11-18-5-3-2-4-6-18/h2-10,17,20-21,26H,11-16H2,1H3/t17?,20-,21+,23+. The SMILES string of the molecule is CC(CN1C[C@@H]2C[C@](F)(Cc3ccccc3)C[C@@H]2C1)c1ccc(O)cc1. The summed E-state index contributed by atoms with van der Waals surface area (Å²) in [4.78, 5) is 2.51. The summed E-state index contributed by atoms with van der Waals surface area (Å²) in [5.74, 6) is 1.73. The van der Waals surface area contributed by atoms with E-state index in [0.29, 0.717) is 42.8 Å². The molecule has 0 spiro atoms. The molecule has 2 fully saturated rings. The van der Waals surface area contributed by atoms with Crippen LogP contribution < -0.4 is 0 Å². The smallest absolute Gasteiger partial charge is 0.115 e. The van der Waals surface area contributed by atoms with Gasteiger partial charge in [0, 0.05) is 26.1 Å². The average Bonchev–Trinajstić information content (AvgIpc) is 3.10. The third-order valence-corrected chi connectivity index (χ3v) is 6.27. The molecule has 1 saturated heterocycles. The highest BCUT2D eigenvalue weighted by Gasteiger charge is 2.49. The number of likely N-dealkylation sites (tertiary alicyclic amines) is 1. The zero-order chi connectivity index (χ0) is 18.1. The Kier molecular flexibility index (Phi) is 4.74. The van der Waals surface area contributed by atoms with E-state index in [-0.39, 0.29) is 0 Å². The van der Waals surface area contributed by atoms with Crippen molar-refractivity contribution >= 4 is 0 Å². The minimum absolute atomic E-state index is 0.314. The highest BCUT2D eigenvalue weighted by Crippen LogP contribution is 2.47. The molecule has 1 aliphatic heterocycles. The van der Waals surface area contributed by atoms with Crippen molar-refractivity contribution in [3.05, 3.63) is 65.7 Å². The van der Waals surface area contributed by atoms with Crippen LogP contribution >= 0.6 is 0 Å². The molecule has 2 nitrogen and oxygen atoms in total. The van der Waals surface area contributed by atoms with Crippen LogP contribution in [0.3, 0.4) is 0 Å². The van der Waals surface area contributed by atoms with Crippen LogP contribution in [0.4, 0.5) is 4.39 Å². The fraction of sp³-hybridized carbons (Fsp3) is 0.478. The second kappa shape index (κ2) is 7.03. The number of alkyl halides is 1. The normalized spacial score (nSPS) is 29.6. The molecule has 3 heteroatoms. The van der Waals surface area contributed by atoms with E-state index in [2.05, 4.69) is 11.8 Å². The minimum atomic E-state index is -1.02. The van der Waals surface area contributed by atoms with Gasteiger partial charge in [-0.05, 0) is 53.9 Å². The first-order valence-electron chi connectivity index (χ1n) is 9.75. The predicted molar refractivity (Wildman–Crippen MR) is 103 cm³/mol. The van der Waals surface area contributed by atoms with Crippen molar-refractivity contribution in [3.8, 4) is 5.75 Å². The quantitative estimate of drug-likeness (QED) is 0.835. The second-order valence-electron chi connectivity index (χ2n) is 8.45. The lowest BCUT2D eigenvalue weighted by Crippen LogP contribution is -2.30. The molecule has 4 rings (SSSR count). The molecule has 26 heavy (non-hydrogen) atoms. The molecule has 2 aromatic carbocycles. The van der Waals surface area contributed by atoms with E-state index >= 15 is 4.39 Å². The van der Waals surface area contributed by atoms with Gasteiger partial charge in [-0.2, -0.15) is 0 Å². The van der Waals surface area contributed by atoms with Crippen molar-refractivity contribution in [2.24, 2.45) is 11.8 Å². The van der Waals surface area contributed by atoms with E-state index in [1.165, 1.54) is 5.56 Å². The number of benzene rings is 2. The van der Waals surface area contributed by atoms with Gasteiger partial charge in [-0.1, -0.05) is 49.4 Å². The summed E-state index contributed by atoms with van der Waals surface area (Å²) < 4.78 is 15.4. The van der Waals surface area contributed by atoms with Crippen molar-refractivity contribution in [1.82, 2.24) is 4.90 Å². The summed E-state index contributed by atoms with van der Waals surface area (Å²) in [5, 5.41) is 9.44. The van der Waals surface area contributed by atoms with E-state index in [9.17, 15) is 5.11 Å². The lowest BCUT2D eigenvalue weighted by atomic mass is 9.93. The van der Waals surface area contributed by atoms with Gasteiger partial charge in [0.2, 0.25) is 0 Å². The van der Waals surface area contributed by atoms with Crippen LogP contribution in [0.15, 0.2) is 54.6 Å². The van der Waals surface area contributed by atoms with Crippen molar-refractivity contribution < 1.29 is 9.50 Å². The van der Waals surface area contributed by atoms with Gasteiger partial charge in [-0.25, -0.2) is 4.39 Å². The minimum Gasteiger partial charge on any atom is -0.508 e. The Morgan fingerprint density at radius 2 is 1.65 bits per heavy atom. The van der Waals surface area contributed by atoms with Crippen molar-refractivity contribution in [3.63, 3.8) is 0 Å². The largest absolute Gasteiger partial charge is 0.508 e. The first kappa shape index (κ1) is 17.5. The molecule has 1 N–H and O–H groups in total.